The zero-order valence-electron chi connectivity index (χ0n) is 18.0. The first-order valence-electron chi connectivity index (χ1n) is 10.1. The smallest absolute Gasteiger partial charge is 0.246 e. The van der Waals surface area contributed by atoms with Gasteiger partial charge < -0.3 is 14.4 Å². The molecular weight excluding hydrogens is 383 g/mol. The van der Waals surface area contributed by atoms with E-state index in [1.54, 1.807) is 26.4 Å². The molecule has 5 nitrogen and oxygen atoms in total. The largest absolute Gasteiger partial charge is 0.493 e. The van der Waals surface area contributed by atoms with Crippen molar-refractivity contribution in [1.82, 2.24) is 9.80 Å². The number of carbonyl (C=O) groups is 1. The SMILES string of the molecule is COc1ccc(C=CC(=O)N2C[C@@H](C)N(Cc3ccc(F)cc3)C[C@@H]2C)cc1OC. The van der Waals surface area contributed by atoms with E-state index in [0.717, 1.165) is 24.2 Å². The topological polar surface area (TPSA) is 42.0 Å². The molecule has 6 heteroatoms. The number of piperazine rings is 1. The molecule has 0 saturated carbocycles. The molecule has 1 aliphatic rings. The maximum Gasteiger partial charge on any atom is 0.246 e. The number of nitrogens with zero attached hydrogens (tertiary/aromatic N) is 2. The number of rotatable bonds is 6. The Hall–Kier alpha value is -2.86. The minimum Gasteiger partial charge on any atom is -0.493 e. The van der Waals surface area contributed by atoms with Crippen LogP contribution in [0.2, 0.25) is 0 Å². The van der Waals surface area contributed by atoms with Crippen molar-refractivity contribution in [1.29, 1.82) is 0 Å². The van der Waals surface area contributed by atoms with Crippen LogP contribution in [-0.2, 0) is 11.3 Å². The second kappa shape index (κ2) is 9.76. The molecule has 2 aromatic rings. The van der Waals surface area contributed by atoms with E-state index in [2.05, 4.69) is 18.7 Å². The van der Waals surface area contributed by atoms with Gasteiger partial charge in [-0.2, -0.15) is 0 Å². The third-order valence-electron chi connectivity index (χ3n) is 5.52. The van der Waals surface area contributed by atoms with Crippen LogP contribution < -0.4 is 9.47 Å². The highest BCUT2D eigenvalue weighted by molar-refractivity contribution is 5.92. The molecule has 30 heavy (non-hydrogen) atoms. The summed E-state index contributed by atoms with van der Waals surface area (Å²) in [7, 11) is 3.18. The maximum atomic E-state index is 13.1. The van der Waals surface area contributed by atoms with E-state index in [-0.39, 0.29) is 23.8 Å². The molecule has 2 aromatic carbocycles. The Labute approximate surface area is 177 Å². The Morgan fingerprint density at radius 3 is 2.40 bits per heavy atom. The fourth-order valence-electron chi connectivity index (χ4n) is 3.77. The number of ether oxygens (including phenoxy) is 2. The second-order valence-electron chi connectivity index (χ2n) is 7.69. The Bertz CT molecular complexity index is 898. The van der Waals surface area contributed by atoms with Crippen LogP contribution in [0.1, 0.15) is 25.0 Å². The van der Waals surface area contributed by atoms with E-state index in [9.17, 15) is 9.18 Å². The second-order valence-corrected chi connectivity index (χ2v) is 7.69. The first-order valence-corrected chi connectivity index (χ1v) is 10.1. The molecule has 0 spiro atoms. The molecule has 0 aliphatic carbocycles. The van der Waals surface area contributed by atoms with Crippen molar-refractivity contribution < 1.29 is 18.7 Å². The summed E-state index contributed by atoms with van der Waals surface area (Å²) in [4.78, 5) is 17.1. The Balaban J connectivity index is 1.63. The molecule has 1 amide bonds. The van der Waals surface area contributed by atoms with Crippen LogP contribution in [-0.4, -0.2) is 55.1 Å². The summed E-state index contributed by atoms with van der Waals surface area (Å²) in [5, 5.41) is 0. The molecule has 1 saturated heterocycles. The van der Waals surface area contributed by atoms with Gasteiger partial charge >= 0.3 is 0 Å². The molecule has 3 rings (SSSR count). The molecule has 0 aromatic heterocycles. The molecule has 1 heterocycles. The van der Waals surface area contributed by atoms with E-state index >= 15 is 0 Å². The van der Waals surface area contributed by atoms with Crippen LogP contribution in [0, 0.1) is 5.82 Å². The third kappa shape index (κ3) is 5.19. The van der Waals surface area contributed by atoms with Crippen molar-refractivity contribution in [2.24, 2.45) is 0 Å². The Morgan fingerprint density at radius 2 is 1.73 bits per heavy atom. The first kappa shape index (κ1) is 21.8. The summed E-state index contributed by atoms with van der Waals surface area (Å²) in [6.45, 7) is 6.35. The highest BCUT2D eigenvalue weighted by atomic mass is 19.1. The van der Waals surface area contributed by atoms with Crippen molar-refractivity contribution in [2.75, 3.05) is 27.3 Å². The van der Waals surface area contributed by atoms with Crippen molar-refractivity contribution in [2.45, 2.75) is 32.5 Å². The fourth-order valence-corrected chi connectivity index (χ4v) is 3.77. The number of hydrogen-bond acceptors (Lipinski definition) is 4. The normalized spacial score (nSPS) is 19.8. The predicted molar refractivity (Wildman–Crippen MR) is 116 cm³/mol. The molecule has 1 aliphatic heterocycles. The van der Waals surface area contributed by atoms with Gasteiger partial charge in [0.05, 0.1) is 14.2 Å². The number of carbonyl (C=O) groups excluding carboxylic acids is 1. The van der Waals surface area contributed by atoms with E-state index < -0.39 is 0 Å². The van der Waals surface area contributed by atoms with Gasteiger partial charge in [0.15, 0.2) is 11.5 Å². The highest BCUT2D eigenvalue weighted by Crippen LogP contribution is 2.28. The summed E-state index contributed by atoms with van der Waals surface area (Å²) in [6.07, 6.45) is 3.41. The molecule has 1 fully saturated rings. The predicted octanol–water partition coefficient (Wildman–Crippen LogP) is 3.98. The first-order chi connectivity index (χ1) is 14.4. The molecule has 0 bridgehead atoms. The highest BCUT2D eigenvalue weighted by Gasteiger charge is 2.30. The lowest BCUT2D eigenvalue weighted by atomic mass is 10.1. The van der Waals surface area contributed by atoms with Gasteiger partial charge in [0, 0.05) is 37.8 Å². The van der Waals surface area contributed by atoms with Crippen LogP contribution in [0.4, 0.5) is 4.39 Å². The van der Waals surface area contributed by atoms with E-state index in [1.807, 2.05) is 35.2 Å². The lowest BCUT2D eigenvalue weighted by Gasteiger charge is -2.44. The van der Waals surface area contributed by atoms with E-state index in [1.165, 1.54) is 12.1 Å². The molecule has 0 radical (unpaired) electrons. The van der Waals surface area contributed by atoms with Crippen LogP contribution in [0.25, 0.3) is 6.08 Å². The van der Waals surface area contributed by atoms with Gasteiger partial charge in [-0.25, -0.2) is 4.39 Å². The van der Waals surface area contributed by atoms with Crippen molar-refractivity contribution in [3.63, 3.8) is 0 Å². The standard InChI is InChI=1S/C24H29FN2O3/c1-17-15-27(18(2)14-26(17)16-20-5-9-21(25)10-6-20)24(28)12-8-19-7-11-22(29-3)23(13-19)30-4/h5-13,17-18H,14-16H2,1-4H3/t17-,18+/m1/s1. The number of methoxy groups -OCH3 is 2. The maximum absolute atomic E-state index is 13.1. The summed E-state index contributed by atoms with van der Waals surface area (Å²) in [5.41, 5.74) is 1.94. The number of benzene rings is 2. The van der Waals surface area contributed by atoms with Gasteiger partial charge in [0.2, 0.25) is 5.91 Å². The lowest BCUT2D eigenvalue weighted by molar-refractivity contribution is -0.131. The Kier molecular flexibility index (Phi) is 7.11. The molecule has 0 N–H and O–H groups in total. The number of amides is 1. The molecule has 2 atom stereocenters. The summed E-state index contributed by atoms with van der Waals surface area (Å²) < 4.78 is 23.7. The number of hydrogen-bond donors (Lipinski definition) is 0. The van der Waals surface area contributed by atoms with Crippen molar-refractivity contribution in [3.05, 3.63) is 65.5 Å². The van der Waals surface area contributed by atoms with Gasteiger partial charge in [-0.05, 0) is 55.3 Å². The minimum atomic E-state index is -0.225. The quantitative estimate of drug-likeness (QED) is 0.673. The third-order valence-corrected chi connectivity index (χ3v) is 5.52. The van der Waals surface area contributed by atoms with Gasteiger partial charge in [-0.3, -0.25) is 9.69 Å². The van der Waals surface area contributed by atoms with E-state index in [4.69, 9.17) is 9.47 Å². The zero-order valence-corrected chi connectivity index (χ0v) is 18.0. The summed E-state index contributed by atoms with van der Waals surface area (Å²) in [5.74, 6) is 1.05. The monoisotopic (exact) mass is 412 g/mol. The van der Waals surface area contributed by atoms with Crippen molar-refractivity contribution >= 4 is 12.0 Å². The average molecular weight is 413 g/mol. The zero-order chi connectivity index (χ0) is 21.7. The van der Waals surface area contributed by atoms with Gasteiger partial charge in [-0.15, -0.1) is 0 Å². The fraction of sp³-hybridized carbons (Fsp3) is 0.375. The summed E-state index contributed by atoms with van der Waals surface area (Å²) in [6, 6.07) is 12.5. The molecular formula is C24H29FN2O3. The Morgan fingerprint density at radius 1 is 1.03 bits per heavy atom. The average Bonchev–Trinajstić information content (AvgIpc) is 2.75. The molecule has 160 valence electrons. The van der Waals surface area contributed by atoms with Gasteiger partial charge in [0.25, 0.3) is 0 Å². The minimum absolute atomic E-state index is 0.00873. The van der Waals surface area contributed by atoms with E-state index in [0.29, 0.717) is 18.0 Å². The van der Waals surface area contributed by atoms with Crippen LogP contribution in [0.5, 0.6) is 11.5 Å². The van der Waals surface area contributed by atoms with Crippen LogP contribution >= 0.6 is 0 Å². The van der Waals surface area contributed by atoms with Crippen molar-refractivity contribution in [3.8, 4) is 11.5 Å². The van der Waals surface area contributed by atoms with Crippen LogP contribution in [0.15, 0.2) is 48.5 Å². The van der Waals surface area contributed by atoms with Crippen LogP contribution in [0.3, 0.4) is 0 Å². The lowest BCUT2D eigenvalue weighted by Crippen LogP contribution is -2.57. The number of halogens is 1. The molecule has 0 unspecified atom stereocenters. The van der Waals surface area contributed by atoms with Gasteiger partial charge in [0.1, 0.15) is 5.82 Å². The van der Waals surface area contributed by atoms with Gasteiger partial charge in [-0.1, -0.05) is 18.2 Å². The summed E-state index contributed by atoms with van der Waals surface area (Å²) >= 11 is 0.